The summed E-state index contributed by atoms with van der Waals surface area (Å²) in [6.07, 6.45) is 0. The van der Waals surface area contributed by atoms with Crippen LogP contribution in [-0.4, -0.2) is 20.2 Å². The van der Waals surface area contributed by atoms with Crippen molar-refractivity contribution in [2.45, 2.75) is 0 Å². The Labute approximate surface area is 42.3 Å². The first kappa shape index (κ1) is 27.1. The molecule has 0 saturated carbocycles. The molecule has 0 heterocycles. The van der Waals surface area contributed by atoms with E-state index in [0.29, 0.717) is 0 Å². The van der Waals surface area contributed by atoms with Crippen molar-refractivity contribution in [2.24, 2.45) is 0 Å². The lowest BCUT2D eigenvalue weighted by Crippen LogP contribution is -1.54. The van der Waals surface area contributed by atoms with Crippen LogP contribution in [0.25, 0.3) is 0 Å². The molecule has 0 amide bonds. The molecule has 0 unspecified atom stereocenters. The highest BCUT2D eigenvalue weighted by atomic mass is 31.2. The van der Waals surface area contributed by atoms with Gasteiger partial charge < -0.3 is 32.5 Å². The fourth-order valence-corrected chi connectivity index (χ4v) is 0. The van der Waals surface area contributed by atoms with Crippen LogP contribution in [-0.2, 0) is 0 Å². The molecule has 0 saturated heterocycles. The molecule has 0 aliphatic carbocycles. The van der Waals surface area contributed by atoms with Gasteiger partial charge in [-0.25, -0.2) is 0 Å². The van der Waals surface area contributed by atoms with E-state index < -0.39 is 8.60 Å². The van der Waals surface area contributed by atoms with Crippen molar-refractivity contribution >= 4 is 8.60 Å². The van der Waals surface area contributed by atoms with Gasteiger partial charge in [0, 0.05) is 0 Å². The molecule has 0 fully saturated rings. The van der Waals surface area contributed by atoms with Crippen molar-refractivity contribution in [3.05, 3.63) is 0 Å². The molecule has 0 rings (SSSR count). The molecule has 0 atom stereocenters. The summed E-state index contributed by atoms with van der Waals surface area (Å²) in [7, 11) is -2.62. The van der Waals surface area contributed by atoms with Crippen LogP contribution in [0.4, 0.5) is 0 Å². The summed E-state index contributed by atoms with van der Waals surface area (Å²) in [4.78, 5) is 21.7. The van der Waals surface area contributed by atoms with E-state index >= 15 is 0 Å². The number of hydrogen-bond acceptors (Lipinski definition) is 5. The molecule has 0 aromatic carbocycles. The van der Waals surface area contributed by atoms with Crippen LogP contribution in [0.3, 0.4) is 0 Å². The van der Waals surface area contributed by atoms with Crippen LogP contribution in [0.15, 0.2) is 0 Å². The minimum absolute atomic E-state index is 0. The highest BCUT2D eigenvalue weighted by molar-refractivity contribution is 7.38. The topological polar surface area (TPSA) is 162 Å². The van der Waals surface area contributed by atoms with Crippen molar-refractivity contribution < 1.29 is 20.2 Å². The molecule has 7 heteroatoms. The Morgan fingerprint density at radius 2 is 0.857 bits per heavy atom. The fraction of sp³-hybridized carbons (Fsp3) is 0. The summed E-state index contributed by atoms with van der Waals surface area (Å²) in [6, 6.07) is 0. The second-order valence-electron chi connectivity index (χ2n) is 0.268. The molecule has 50 valence electrons. The molecular formula is H11N2O4P. The first-order valence-electron chi connectivity index (χ1n) is 0.600. The van der Waals surface area contributed by atoms with Crippen LogP contribution in [0.2, 0.25) is 0 Å². The molecular weight excluding hydrogens is 123 g/mol. The Morgan fingerprint density at radius 3 is 0.857 bits per heavy atom. The minimum Gasteiger partial charge on any atom is -0.412 e. The van der Waals surface area contributed by atoms with Gasteiger partial charge in [0.1, 0.15) is 0 Å². The summed E-state index contributed by atoms with van der Waals surface area (Å²) in [6.45, 7) is 0. The molecule has 7 heavy (non-hydrogen) atoms. The van der Waals surface area contributed by atoms with Crippen LogP contribution in [0.5, 0.6) is 0 Å². The molecule has 0 aromatic rings. The van der Waals surface area contributed by atoms with E-state index in [0.717, 1.165) is 0 Å². The van der Waals surface area contributed by atoms with E-state index in [1.54, 1.807) is 0 Å². The van der Waals surface area contributed by atoms with E-state index in [9.17, 15) is 0 Å². The summed E-state index contributed by atoms with van der Waals surface area (Å²) in [5.74, 6) is 0. The van der Waals surface area contributed by atoms with E-state index in [-0.39, 0.29) is 17.8 Å². The largest absolute Gasteiger partial charge is 0.412 e. The van der Waals surface area contributed by atoms with Gasteiger partial charge in [0.25, 0.3) is 0 Å². The van der Waals surface area contributed by atoms with Crippen LogP contribution in [0.1, 0.15) is 0 Å². The predicted octanol–water partition coefficient (Wildman–Crippen LogP) is -1.31. The van der Waals surface area contributed by atoms with Gasteiger partial charge in [-0.1, -0.05) is 0 Å². The van der Waals surface area contributed by atoms with Gasteiger partial charge in [-0.3, -0.25) is 0 Å². The second-order valence-corrected chi connectivity index (χ2v) is 0.805. The molecule has 0 spiro atoms. The van der Waals surface area contributed by atoms with Gasteiger partial charge >= 0.3 is 8.60 Å². The predicted molar refractivity (Wildman–Crippen MR) is 27.2 cm³/mol. The Kier molecular flexibility index (Phi) is 63.4. The van der Waals surface area contributed by atoms with Crippen LogP contribution in [0, 0.1) is 0 Å². The third-order valence-electron chi connectivity index (χ3n) is 0. The van der Waals surface area contributed by atoms with Crippen LogP contribution < -0.4 is 12.3 Å². The molecule has 11 N–H and O–H groups in total. The third-order valence-corrected chi connectivity index (χ3v) is 0. The zero-order chi connectivity index (χ0) is 3.58. The molecule has 0 radical (unpaired) electrons. The average molecular weight is 134 g/mol. The summed E-state index contributed by atoms with van der Waals surface area (Å²) >= 11 is 0. The summed E-state index contributed by atoms with van der Waals surface area (Å²) in [5.41, 5.74) is 0. The van der Waals surface area contributed by atoms with Crippen molar-refractivity contribution in [1.29, 1.82) is 0 Å². The van der Waals surface area contributed by atoms with Crippen molar-refractivity contribution in [1.82, 2.24) is 12.3 Å². The van der Waals surface area contributed by atoms with Gasteiger partial charge in [0.05, 0.1) is 0 Å². The SMILES string of the molecule is N.N.O.OP(O)O. The highest BCUT2D eigenvalue weighted by Gasteiger charge is 1.76. The van der Waals surface area contributed by atoms with E-state index in [1.165, 1.54) is 0 Å². The zero-order valence-corrected chi connectivity index (χ0v) is 4.60. The lowest BCUT2D eigenvalue weighted by atomic mass is 14.0. The highest BCUT2D eigenvalue weighted by Crippen LogP contribution is 2.11. The summed E-state index contributed by atoms with van der Waals surface area (Å²) in [5, 5.41) is 0. The molecule has 0 aromatic heterocycles. The normalized spacial score (nSPS) is 5.14. The van der Waals surface area contributed by atoms with Gasteiger partial charge in [-0.2, -0.15) is 0 Å². The minimum atomic E-state index is -2.62. The molecule has 0 bridgehead atoms. The monoisotopic (exact) mass is 134 g/mol. The molecule has 6 nitrogen and oxygen atoms in total. The maximum atomic E-state index is 7.23. The standard InChI is InChI=1S/2H3N.H3O3P.H2O/c;;1-4(2)3;/h2*1H3;1-3H;1H2. The third kappa shape index (κ3) is 3010. The van der Waals surface area contributed by atoms with Crippen molar-refractivity contribution in [3.8, 4) is 0 Å². The number of rotatable bonds is 0. The Bertz CT molecular complexity index is 14.4. The lowest BCUT2D eigenvalue weighted by Gasteiger charge is -1.76. The van der Waals surface area contributed by atoms with Crippen molar-refractivity contribution in [2.75, 3.05) is 0 Å². The Hall–Kier alpha value is 0.190. The van der Waals surface area contributed by atoms with Crippen molar-refractivity contribution in [3.63, 3.8) is 0 Å². The van der Waals surface area contributed by atoms with Gasteiger partial charge in [0.2, 0.25) is 0 Å². The second kappa shape index (κ2) is 16.4. The maximum absolute atomic E-state index is 7.23. The number of hydrogen-bond donors (Lipinski definition) is 5. The Morgan fingerprint density at radius 1 is 0.857 bits per heavy atom. The first-order chi connectivity index (χ1) is 1.73. The van der Waals surface area contributed by atoms with Gasteiger partial charge in [-0.15, -0.1) is 0 Å². The van der Waals surface area contributed by atoms with E-state index in [1.807, 2.05) is 0 Å². The zero-order valence-electron chi connectivity index (χ0n) is 3.70. The fourth-order valence-electron chi connectivity index (χ4n) is 0. The van der Waals surface area contributed by atoms with E-state index in [2.05, 4.69) is 0 Å². The average Bonchev–Trinajstić information content (AvgIpc) is 0.811. The quantitative estimate of drug-likeness (QED) is 0.259. The van der Waals surface area contributed by atoms with Gasteiger partial charge in [0.15, 0.2) is 0 Å². The first-order valence-corrected chi connectivity index (χ1v) is 1.80. The van der Waals surface area contributed by atoms with E-state index in [4.69, 9.17) is 14.7 Å². The smallest absolute Gasteiger partial charge is 0.324 e. The molecule has 0 aliphatic heterocycles. The lowest BCUT2D eigenvalue weighted by molar-refractivity contribution is 0.368. The maximum Gasteiger partial charge on any atom is 0.324 e. The van der Waals surface area contributed by atoms with Crippen LogP contribution >= 0.6 is 8.60 Å². The van der Waals surface area contributed by atoms with Gasteiger partial charge in [-0.05, 0) is 0 Å². The molecule has 0 aliphatic rings. The summed E-state index contributed by atoms with van der Waals surface area (Å²) < 4.78 is 0. The Balaban J connectivity index is -0.0000000150.